The van der Waals surface area contributed by atoms with Gasteiger partial charge in [0.15, 0.2) is 0 Å². The van der Waals surface area contributed by atoms with Crippen LogP contribution in [0.3, 0.4) is 0 Å². The summed E-state index contributed by atoms with van der Waals surface area (Å²) in [5, 5.41) is 13.0. The average molecular weight is 341 g/mol. The summed E-state index contributed by atoms with van der Waals surface area (Å²) >= 11 is 3.37. The van der Waals surface area contributed by atoms with Crippen molar-refractivity contribution in [1.82, 2.24) is 9.78 Å². The van der Waals surface area contributed by atoms with Gasteiger partial charge in [0.05, 0.1) is 23.5 Å². The summed E-state index contributed by atoms with van der Waals surface area (Å²) in [6, 6.07) is 5.29. The Balaban J connectivity index is 2.17. The Morgan fingerprint density at radius 3 is 2.85 bits per heavy atom. The van der Waals surface area contributed by atoms with Crippen molar-refractivity contribution < 1.29 is 19.4 Å². The van der Waals surface area contributed by atoms with Crippen LogP contribution in [0, 0.1) is 0 Å². The Kier molecular flexibility index (Phi) is 4.29. The lowest BCUT2D eigenvalue weighted by molar-refractivity contribution is 0.0693. The molecule has 0 aliphatic rings. The van der Waals surface area contributed by atoms with Crippen molar-refractivity contribution in [3.05, 3.63) is 40.1 Å². The van der Waals surface area contributed by atoms with Crippen LogP contribution in [0.15, 0.2) is 28.9 Å². The molecule has 1 N–H and O–H groups in total. The molecule has 20 heavy (non-hydrogen) atoms. The fourth-order valence-corrected chi connectivity index (χ4v) is 2.16. The lowest BCUT2D eigenvalue weighted by atomic mass is 10.2. The van der Waals surface area contributed by atoms with Gasteiger partial charge in [-0.3, -0.25) is 4.68 Å². The van der Waals surface area contributed by atoms with E-state index in [0.29, 0.717) is 17.2 Å². The minimum absolute atomic E-state index is 0.114. The number of benzene rings is 1. The molecule has 0 radical (unpaired) electrons. The van der Waals surface area contributed by atoms with Gasteiger partial charge >= 0.3 is 5.97 Å². The summed E-state index contributed by atoms with van der Waals surface area (Å²) in [7, 11) is 3.26. The minimum atomic E-state index is -1.02. The molecule has 0 spiro atoms. The van der Waals surface area contributed by atoms with E-state index in [1.807, 2.05) is 0 Å². The van der Waals surface area contributed by atoms with E-state index >= 15 is 0 Å². The smallest absolute Gasteiger partial charge is 0.339 e. The summed E-state index contributed by atoms with van der Waals surface area (Å²) in [5.74, 6) is 0.282. The number of aryl methyl sites for hydroxylation is 1. The van der Waals surface area contributed by atoms with Crippen molar-refractivity contribution in [2.75, 3.05) is 7.11 Å². The highest BCUT2D eigenvalue weighted by Crippen LogP contribution is 2.29. The van der Waals surface area contributed by atoms with Crippen LogP contribution in [0.4, 0.5) is 0 Å². The summed E-state index contributed by atoms with van der Waals surface area (Å²) in [6.45, 7) is 0.114. The van der Waals surface area contributed by atoms with Gasteiger partial charge in [0.25, 0.3) is 0 Å². The maximum Gasteiger partial charge on any atom is 0.339 e. The first-order valence-corrected chi connectivity index (χ1v) is 6.52. The van der Waals surface area contributed by atoms with Gasteiger partial charge in [-0.2, -0.15) is 5.10 Å². The number of aromatic carboxylic acids is 1. The first-order chi connectivity index (χ1) is 9.52. The van der Waals surface area contributed by atoms with Gasteiger partial charge < -0.3 is 14.6 Å². The Morgan fingerprint density at radius 1 is 1.50 bits per heavy atom. The predicted molar refractivity (Wildman–Crippen MR) is 75.2 cm³/mol. The van der Waals surface area contributed by atoms with E-state index in [2.05, 4.69) is 21.0 Å². The molecule has 0 aliphatic carbocycles. The number of carboxylic acid groups (broad SMARTS) is 1. The van der Waals surface area contributed by atoms with Gasteiger partial charge in [0, 0.05) is 7.05 Å². The van der Waals surface area contributed by atoms with Crippen LogP contribution in [0.1, 0.15) is 16.1 Å². The standard InChI is InChI=1S/C13H13BrN2O4/c1-16-11(9(6-15-16)13(17)18)7-20-12-4-3-8(19-2)5-10(12)14/h3-6H,7H2,1-2H3,(H,17,18). The Morgan fingerprint density at radius 2 is 2.25 bits per heavy atom. The zero-order valence-corrected chi connectivity index (χ0v) is 12.5. The summed E-state index contributed by atoms with van der Waals surface area (Å²) in [6.07, 6.45) is 1.31. The number of halogens is 1. The van der Waals surface area contributed by atoms with Crippen LogP contribution < -0.4 is 9.47 Å². The van der Waals surface area contributed by atoms with Gasteiger partial charge in [0.1, 0.15) is 23.7 Å². The summed E-state index contributed by atoms with van der Waals surface area (Å²) < 4.78 is 12.9. The van der Waals surface area contributed by atoms with Gasteiger partial charge in [-0.25, -0.2) is 4.79 Å². The Bertz CT molecular complexity index is 639. The highest BCUT2D eigenvalue weighted by molar-refractivity contribution is 9.10. The molecule has 0 amide bonds. The molecule has 1 aromatic carbocycles. The second-order valence-electron chi connectivity index (χ2n) is 4.02. The van der Waals surface area contributed by atoms with E-state index in [4.69, 9.17) is 14.6 Å². The maximum absolute atomic E-state index is 11.1. The van der Waals surface area contributed by atoms with Crippen molar-refractivity contribution in [3.63, 3.8) is 0 Å². The monoisotopic (exact) mass is 340 g/mol. The van der Waals surface area contributed by atoms with E-state index in [0.717, 1.165) is 4.47 Å². The minimum Gasteiger partial charge on any atom is -0.497 e. The number of nitrogens with zero attached hydrogens (tertiary/aromatic N) is 2. The third kappa shape index (κ3) is 2.93. The lowest BCUT2D eigenvalue weighted by Crippen LogP contribution is -2.08. The number of methoxy groups -OCH3 is 1. The van der Waals surface area contributed by atoms with Gasteiger partial charge in [0.2, 0.25) is 0 Å². The topological polar surface area (TPSA) is 73.6 Å². The van der Waals surface area contributed by atoms with E-state index in [-0.39, 0.29) is 12.2 Å². The number of hydrogen-bond donors (Lipinski definition) is 1. The second-order valence-corrected chi connectivity index (χ2v) is 4.87. The fraction of sp³-hybridized carbons (Fsp3) is 0.231. The molecule has 1 heterocycles. The first-order valence-electron chi connectivity index (χ1n) is 5.73. The molecular weight excluding hydrogens is 328 g/mol. The number of ether oxygens (including phenoxy) is 2. The molecule has 1 aromatic heterocycles. The summed E-state index contributed by atoms with van der Waals surface area (Å²) in [4.78, 5) is 11.1. The number of carboxylic acids is 1. The van der Waals surface area contributed by atoms with Gasteiger partial charge in [-0.15, -0.1) is 0 Å². The molecule has 6 nitrogen and oxygen atoms in total. The van der Waals surface area contributed by atoms with Crippen LogP contribution in [-0.4, -0.2) is 28.0 Å². The molecule has 7 heteroatoms. The van der Waals surface area contributed by atoms with Crippen molar-refractivity contribution in [1.29, 1.82) is 0 Å². The van der Waals surface area contributed by atoms with Crippen molar-refractivity contribution in [2.45, 2.75) is 6.61 Å². The van der Waals surface area contributed by atoms with E-state index in [1.54, 1.807) is 32.4 Å². The van der Waals surface area contributed by atoms with E-state index in [1.165, 1.54) is 10.9 Å². The molecular formula is C13H13BrN2O4. The Labute approximate surface area is 124 Å². The normalized spacial score (nSPS) is 10.3. The number of aromatic nitrogens is 2. The van der Waals surface area contributed by atoms with Crippen LogP contribution in [0.5, 0.6) is 11.5 Å². The fourth-order valence-electron chi connectivity index (χ4n) is 1.68. The SMILES string of the molecule is COc1ccc(OCc2c(C(=O)O)cnn2C)c(Br)c1. The molecule has 2 aromatic rings. The number of carbonyl (C=O) groups is 1. The number of hydrogen-bond acceptors (Lipinski definition) is 4. The molecule has 2 rings (SSSR count). The molecule has 0 aliphatic heterocycles. The predicted octanol–water partition coefficient (Wildman–Crippen LogP) is 2.47. The zero-order valence-electron chi connectivity index (χ0n) is 11.0. The van der Waals surface area contributed by atoms with E-state index < -0.39 is 5.97 Å². The van der Waals surface area contributed by atoms with Crippen LogP contribution in [-0.2, 0) is 13.7 Å². The molecule has 0 atom stereocenters. The largest absolute Gasteiger partial charge is 0.497 e. The van der Waals surface area contributed by atoms with Gasteiger partial charge in [-0.05, 0) is 34.1 Å². The molecule has 0 saturated heterocycles. The molecule has 0 fully saturated rings. The summed E-state index contributed by atoms with van der Waals surface area (Å²) in [5.41, 5.74) is 0.636. The second kappa shape index (κ2) is 5.96. The lowest BCUT2D eigenvalue weighted by Gasteiger charge is -2.10. The maximum atomic E-state index is 11.1. The highest BCUT2D eigenvalue weighted by Gasteiger charge is 2.16. The van der Waals surface area contributed by atoms with Crippen molar-refractivity contribution >= 4 is 21.9 Å². The molecule has 0 saturated carbocycles. The highest BCUT2D eigenvalue weighted by atomic mass is 79.9. The van der Waals surface area contributed by atoms with Crippen LogP contribution >= 0.6 is 15.9 Å². The van der Waals surface area contributed by atoms with Crippen molar-refractivity contribution in [2.24, 2.45) is 7.05 Å². The third-order valence-corrected chi connectivity index (χ3v) is 3.42. The number of rotatable bonds is 5. The molecule has 0 bridgehead atoms. The first kappa shape index (κ1) is 14.4. The molecule has 0 unspecified atom stereocenters. The van der Waals surface area contributed by atoms with Gasteiger partial charge in [-0.1, -0.05) is 0 Å². The Hall–Kier alpha value is -2.02. The average Bonchev–Trinajstić information content (AvgIpc) is 2.78. The van der Waals surface area contributed by atoms with Crippen LogP contribution in [0.25, 0.3) is 0 Å². The third-order valence-electron chi connectivity index (χ3n) is 2.80. The molecule has 106 valence electrons. The zero-order chi connectivity index (χ0) is 14.7. The van der Waals surface area contributed by atoms with Crippen molar-refractivity contribution in [3.8, 4) is 11.5 Å². The van der Waals surface area contributed by atoms with Crippen LogP contribution in [0.2, 0.25) is 0 Å². The quantitative estimate of drug-likeness (QED) is 0.904. The van der Waals surface area contributed by atoms with E-state index in [9.17, 15) is 4.79 Å².